The molecule has 0 heterocycles. The molecule has 0 atom stereocenters. The summed E-state index contributed by atoms with van der Waals surface area (Å²) in [5.74, 6) is -0.898. The van der Waals surface area contributed by atoms with Crippen LogP contribution in [0.3, 0.4) is 0 Å². The quantitative estimate of drug-likeness (QED) is 0.873. The van der Waals surface area contributed by atoms with Crippen LogP contribution in [0.5, 0.6) is 0 Å². The van der Waals surface area contributed by atoms with Crippen molar-refractivity contribution in [2.45, 2.75) is 20.4 Å². The van der Waals surface area contributed by atoms with Crippen molar-refractivity contribution < 1.29 is 9.90 Å². The van der Waals surface area contributed by atoms with Gasteiger partial charge in [0.25, 0.3) is 0 Å². The van der Waals surface area contributed by atoms with E-state index in [1.165, 1.54) is 0 Å². The normalized spacial score (nSPS) is 10.3. The standard InChI is InChI=1S/C16H16BrNO2/c1-10-7-13(8-11(2)15(10)17)18-9-12-5-3-4-6-14(12)16(19)20/h3-8,18H,9H2,1-2H3,(H,19,20). The number of hydrogen-bond donors (Lipinski definition) is 2. The van der Waals surface area contributed by atoms with E-state index < -0.39 is 5.97 Å². The van der Waals surface area contributed by atoms with Crippen molar-refractivity contribution in [3.05, 3.63) is 63.1 Å². The lowest BCUT2D eigenvalue weighted by atomic mass is 10.1. The van der Waals surface area contributed by atoms with Crippen LogP contribution in [0.15, 0.2) is 40.9 Å². The van der Waals surface area contributed by atoms with Crippen LogP contribution in [-0.4, -0.2) is 11.1 Å². The summed E-state index contributed by atoms with van der Waals surface area (Å²) in [5, 5.41) is 12.4. The van der Waals surface area contributed by atoms with Gasteiger partial charge < -0.3 is 10.4 Å². The first kappa shape index (κ1) is 14.6. The Hall–Kier alpha value is -1.81. The van der Waals surface area contributed by atoms with Gasteiger partial charge in [0.1, 0.15) is 0 Å². The fraction of sp³-hybridized carbons (Fsp3) is 0.188. The highest BCUT2D eigenvalue weighted by molar-refractivity contribution is 9.10. The second kappa shape index (κ2) is 6.09. The number of carboxylic acid groups (broad SMARTS) is 1. The lowest BCUT2D eigenvalue weighted by molar-refractivity contribution is 0.0696. The van der Waals surface area contributed by atoms with E-state index in [0.29, 0.717) is 12.1 Å². The van der Waals surface area contributed by atoms with Crippen molar-refractivity contribution in [3.8, 4) is 0 Å². The Kier molecular flexibility index (Phi) is 4.45. The number of hydrogen-bond acceptors (Lipinski definition) is 2. The maximum Gasteiger partial charge on any atom is 0.336 e. The molecule has 0 aliphatic carbocycles. The van der Waals surface area contributed by atoms with Gasteiger partial charge in [0.05, 0.1) is 5.56 Å². The molecule has 0 fully saturated rings. The first-order valence-corrected chi connectivity index (χ1v) is 7.10. The van der Waals surface area contributed by atoms with Crippen molar-refractivity contribution in [1.82, 2.24) is 0 Å². The highest BCUT2D eigenvalue weighted by Crippen LogP contribution is 2.25. The SMILES string of the molecule is Cc1cc(NCc2ccccc2C(=O)O)cc(C)c1Br. The molecule has 0 unspecified atom stereocenters. The van der Waals surface area contributed by atoms with Crippen LogP contribution in [0.1, 0.15) is 27.0 Å². The molecule has 0 bridgehead atoms. The summed E-state index contributed by atoms with van der Waals surface area (Å²) in [6, 6.07) is 11.1. The predicted molar refractivity (Wildman–Crippen MR) is 84.3 cm³/mol. The molecular weight excluding hydrogens is 318 g/mol. The average molecular weight is 334 g/mol. The van der Waals surface area contributed by atoms with E-state index in [4.69, 9.17) is 5.11 Å². The van der Waals surface area contributed by atoms with E-state index in [0.717, 1.165) is 26.9 Å². The third-order valence-electron chi connectivity index (χ3n) is 3.17. The van der Waals surface area contributed by atoms with E-state index >= 15 is 0 Å². The summed E-state index contributed by atoms with van der Waals surface area (Å²) < 4.78 is 1.11. The number of anilines is 1. The Labute approximate surface area is 126 Å². The molecule has 2 aromatic rings. The Bertz CT molecular complexity index is 630. The summed E-state index contributed by atoms with van der Waals surface area (Å²) in [7, 11) is 0. The Balaban J connectivity index is 2.19. The smallest absolute Gasteiger partial charge is 0.336 e. The fourth-order valence-corrected chi connectivity index (χ4v) is 2.36. The van der Waals surface area contributed by atoms with Crippen LogP contribution in [0, 0.1) is 13.8 Å². The largest absolute Gasteiger partial charge is 0.478 e. The van der Waals surface area contributed by atoms with E-state index in [1.807, 2.05) is 38.1 Å². The first-order valence-electron chi connectivity index (χ1n) is 6.31. The van der Waals surface area contributed by atoms with Gasteiger partial charge in [0.2, 0.25) is 0 Å². The molecule has 0 radical (unpaired) electrons. The van der Waals surface area contributed by atoms with Crippen LogP contribution in [0.25, 0.3) is 0 Å². The van der Waals surface area contributed by atoms with Gasteiger partial charge in [-0.05, 0) is 48.7 Å². The number of rotatable bonds is 4. The monoisotopic (exact) mass is 333 g/mol. The summed E-state index contributed by atoms with van der Waals surface area (Å²) >= 11 is 3.53. The van der Waals surface area contributed by atoms with Gasteiger partial charge in [-0.3, -0.25) is 0 Å². The summed E-state index contributed by atoms with van der Waals surface area (Å²) in [6.07, 6.45) is 0. The molecule has 3 nitrogen and oxygen atoms in total. The molecule has 0 spiro atoms. The van der Waals surface area contributed by atoms with Gasteiger partial charge >= 0.3 is 5.97 Å². The number of halogens is 1. The molecule has 4 heteroatoms. The maximum atomic E-state index is 11.2. The highest BCUT2D eigenvalue weighted by atomic mass is 79.9. The molecule has 104 valence electrons. The summed E-state index contributed by atoms with van der Waals surface area (Å²) in [5.41, 5.74) is 4.41. The highest BCUT2D eigenvalue weighted by Gasteiger charge is 2.09. The summed E-state index contributed by atoms with van der Waals surface area (Å²) in [4.78, 5) is 11.2. The Morgan fingerprint density at radius 3 is 2.40 bits per heavy atom. The average Bonchev–Trinajstić information content (AvgIpc) is 2.42. The molecule has 0 aliphatic heterocycles. The third kappa shape index (κ3) is 3.20. The van der Waals surface area contributed by atoms with E-state index in [9.17, 15) is 4.79 Å². The zero-order valence-electron chi connectivity index (χ0n) is 11.4. The molecule has 0 saturated carbocycles. The zero-order valence-corrected chi connectivity index (χ0v) is 13.0. The van der Waals surface area contributed by atoms with Crippen LogP contribution < -0.4 is 5.32 Å². The number of aromatic carboxylic acids is 1. The molecule has 0 aromatic heterocycles. The maximum absolute atomic E-state index is 11.2. The second-order valence-electron chi connectivity index (χ2n) is 4.74. The van der Waals surface area contributed by atoms with Gasteiger partial charge in [-0.15, -0.1) is 0 Å². The van der Waals surface area contributed by atoms with Gasteiger partial charge in [-0.1, -0.05) is 34.1 Å². The van der Waals surface area contributed by atoms with Gasteiger partial charge in [0, 0.05) is 16.7 Å². The minimum absolute atomic E-state index is 0.338. The second-order valence-corrected chi connectivity index (χ2v) is 5.53. The van der Waals surface area contributed by atoms with Crippen LogP contribution >= 0.6 is 15.9 Å². The fourth-order valence-electron chi connectivity index (χ4n) is 2.13. The topological polar surface area (TPSA) is 49.3 Å². The predicted octanol–water partition coefficient (Wildman–Crippen LogP) is 4.38. The van der Waals surface area contributed by atoms with E-state index in [1.54, 1.807) is 12.1 Å². The zero-order chi connectivity index (χ0) is 14.7. The molecule has 2 rings (SSSR count). The van der Waals surface area contributed by atoms with Crippen LogP contribution in [0.2, 0.25) is 0 Å². The van der Waals surface area contributed by atoms with Crippen molar-refractivity contribution in [2.24, 2.45) is 0 Å². The van der Waals surface area contributed by atoms with Crippen molar-refractivity contribution in [1.29, 1.82) is 0 Å². The molecule has 0 saturated heterocycles. The number of nitrogens with one attached hydrogen (secondary N) is 1. The van der Waals surface area contributed by atoms with E-state index in [2.05, 4.69) is 21.2 Å². The van der Waals surface area contributed by atoms with Crippen LogP contribution in [-0.2, 0) is 6.54 Å². The van der Waals surface area contributed by atoms with Gasteiger partial charge in [0.15, 0.2) is 0 Å². The van der Waals surface area contributed by atoms with Gasteiger partial charge in [-0.25, -0.2) is 4.79 Å². The van der Waals surface area contributed by atoms with Crippen LogP contribution in [0.4, 0.5) is 5.69 Å². The molecule has 20 heavy (non-hydrogen) atoms. The number of aryl methyl sites for hydroxylation is 2. The molecule has 0 amide bonds. The van der Waals surface area contributed by atoms with Crippen molar-refractivity contribution in [2.75, 3.05) is 5.32 Å². The Morgan fingerprint density at radius 2 is 1.80 bits per heavy atom. The third-order valence-corrected chi connectivity index (χ3v) is 4.42. The minimum Gasteiger partial charge on any atom is -0.478 e. The van der Waals surface area contributed by atoms with Crippen molar-refractivity contribution in [3.63, 3.8) is 0 Å². The molecule has 2 N–H and O–H groups in total. The molecule has 2 aromatic carbocycles. The molecular formula is C16H16BrNO2. The lowest BCUT2D eigenvalue weighted by Gasteiger charge is -2.12. The minimum atomic E-state index is -0.898. The number of benzene rings is 2. The number of carboxylic acids is 1. The van der Waals surface area contributed by atoms with Crippen molar-refractivity contribution >= 4 is 27.6 Å². The number of carbonyl (C=O) groups is 1. The van der Waals surface area contributed by atoms with E-state index in [-0.39, 0.29) is 0 Å². The first-order chi connectivity index (χ1) is 9.49. The molecule has 0 aliphatic rings. The Morgan fingerprint density at radius 1 is 1.20 bits per heavy atom. The van der Waals surface area contributed by atoms with Gasteiger partial charge in [-0.2, -0.15) is 0 Å². The lowest BCUT2D eigenvalue weighted by Crippen LogP contribution is -2.07. The summed E-state index contributed by atoms with van der Waals surface area (Å²) in [6.45, 7) is 4.56.